The van der Waals surface area contributed by atoms with Gasteiger partial charge in [0.2, 0.25) is 5.91 Å². The Morgan fingerprint density at radius 3 is 2.69 bits per heavy atom. The largest absolute Gasteiger partial charge is 0.341 e. The highest BCUT2D eigenvalue weighted by molar-refractivity contribution is 5.76. The van der Waals surface area contributed by atoms with Gasteiger partial charge in [0.05, 0.1) is 0 Å². The van der Waals surface area contributed by atoms with Crippen LogP contribution < -0.4 is 10.6 Å². The van der Waals surface area contributed by atoms with E-state index in [-0.39, 0.29) is 17.9 Å². The molecule has 6 nitrogen and oxygen atoms in total. The monoisotopic (exact) mass is 400 g/mol. The molecule has 0 fully saturated rings. The van der Waals surface area contributed by atoms with E-state index in [1.54, 1.807) is 17.3 Å². The van der Waals surface area contributed by atoms with Crippen molar-refractivity contribution < 1.29 is 9.59 Å². The van der Waals surface area contributed by atoms with Crippen molar-refractivity contribution in [2.45, 2.75) is 47.1 Å². The lowest BCUT2D eigenvalue weighted by Crippen LogP contribution is -2.41. The third-order valence-corrected chi connectivity index (χ3v) is 5.91. The number of nitrogens with zero attached hydrogens (tertiary/aromatic N) is 2. The van der Waals surface area contributed by atoms with E-state index < -0.39 is 0 Å². The third kappa shape index (κ3) is 6.87. The van der Waals surface area contributed by atoms with Crippen LogP contribution in [-0.4, -0.2) is 42.0 Å². The average Bonchev–Trinajstić information content (AvgIpc) is 2.68. The standard InChI is InChI=1S/C23H36N4O2/c1-6-25-23(29)26-14-20-10-17(4)19(11-21(20)16(2)3)12-22(28)27(5)15-18-8-7-9-24-13-18/h7-10,13,16,19-21H,6,11-12,14-15H2,1-5H3,(H2,25,26,29)/t19-,20-,21-/m0/s1. The maximum atomic E-state index is 12.8. The van der Waals surface area contributed by atoms with Crippen LogP contribution in [-0.2, 0) is 11.3 Å². The smallest absolute Gasteiger partial charge is 0.314 e. The van der Waals surface area contributed by atoms with E-state index in [1.807, 2.05) is 26.1 Å². The van der Waals surface area contributed by atoms with Crippen LogP contribution in [0.1, 0.15) is 46.1 Å². The highest BCUT2D eigenvalue weighted by atomic mass is 16.2. The van der Waals surface area contributed by atoms with E-state index >= 15 is 0 Å². The Morgan fingerprint density at radius 2 is 2.07 bits per heavy atom. The molecule has 3 amide bonds. The second-order valence-electron chi connectivity index (χ2n) is 8.47. The first-order valence-corrected chi connectivity index (χ1v) is 10.6. The minimum atomic E-state index is -0.115. The van der Waals surface area contributed by atoms with Crippen molar-refractivity contribution in [1.82, 2.24) is 20.5 Å². The van der Waals surface area contributed by atoms with Gasteiger partial charge in [-0.15, -0.1) is 0 Å². The van der Waals surface area contributed by atoms with Gasteiger partial charge in [0, 0.05) is 45.5 Å². The fraction of sp³-hybridized carbons (Fsp3) is 0.609. The molecule has 1 aromatic heterocycles. The summed E-state index contributed by atoms with van der Waals surface area (Å²) in [6, 6.07) is 3.77. The van der Waals surface area contributed by atoms with Crippen molar-refractivity contribution in [3.05, 3.63) is 41.7 Å². The second kappa shape index (κ2) is 11.0. The number of urea groups is 1. The summed E-state index contributed by atoms with van der Waals surface area (Å²) in [4.78, 5) is 30.5. The number of allylic oxidation sites excluding steroid dienone is 1. The third-order valence-electron chi connectivity index (χ3n) is 5.91. The van der Waals surface area contributed by atoms with Crippen molar-refractivity contribution in [1.29, 1.82) is 0 Å². The van der Waals surface area contributed by atoms with Gasteiger partial charge in [-0.05, 0) is 55.6 Å². The highest BCUT2D eigenvalue weighted by Crippen LogP contribution is 2.39. The van der Waals surface area contributed by atoms with Gasteiger partial charge in [-0.3, -0.25) is 9.78 Å². The predicted octanol–water partition coefficient (Wildman–Crippen LogP) is 3.60. The van der Waals surface area contributed by atoms with Crippen LogP contribution in [0.3, 0.4) is 0 Å². The summed E-state index contributed by atoms with van der Waals surface area (Å²) in [5, 5.41) is 5.77. The molecule has 29 heavy (non-hydrogen) atoms. The summed E-state index contributed by atoms with van der Waals surface area (Å²) in [7, 11) is 1.86. The maximum absolute atomic E-state index is 12.8. The molecule has 0 saturated carbocycles. The predicted molar refractivity (Wildman–Crippen MR) is 116 cm³/mol. The van der Waals surface area contributed by atoms with Gasteiger partial charge in [0.15, 0.2) is 0 Å². The summed E-state index contributed by atoms with van der Waals surface area (Å²) in [5.41, 5.74) is 2.29. The van der Waals surface area contributed by atoms with Crippen molar-refractivity contribution in [2.24, 2.45) is 23.7 Å². The number of hydrogen-bond acceptors (Lipinski definition) is 3. The summed E-state index contributed by atoms with van der Waals surface area (Å²) >= 11 is 0. The Balaban J connectivity index is 1.99. The van der Waals surface area contributed by atoms with E-state index in [0.717, 1.165) is 12.0 Å². The van der Waals surface area contributed by atoms with E-state index in [1.165, 1.54) is 5.57 Å². The van der Waals surface area contributed by atoms with Gasteiger partial charge >= 0.3 is 6.03 Å². The van der Waals surface area contributed by atoms with Crippen LogP contribution in [0.2, 0.25) is 0 Å². The van der Waals surface area contributed by atoms with E-state index in [2.05, 4.69) is 42.5 Å². The maximum Gasteiger partial charge on any atom is 0.314 e. The molecule has 2 rings (SSSR count). The Bertz CT molecular complexity index is 702. The van der Waals surface area contributed by atoms with Crippen molar-refractivity contribution in [3.63, 3.8) is 0 Å². The topological polar surface area (TPSA) is 74.3 Å². The van der Waals surface area contributed by atoms with Crippen molar-refractivity contribution >= 4 is 11.9 Å². The number of rotatable bonds is 8. The first-order valence-electron chi connectivity index (χ1n) is 10.6. The molecule has 1 aromatic rings. The van der Waals surface area contributed by atoms with Crippen LogP contribution in [0.4, 0.5) is 4.79 Å². The first-order chi connectivity index (χ1) is 13.8. The van der Waals surface area contributed by atoms with Gasteiger partial charge < -0.3 is 15.5 Å². The number of amides is 3. The molecule has 1 aliphatic rings. The van der Waals surface area contributed by atoms with E-state index in [0.29, 0.717) is 43.8 Å². The van der Waals surface area contributed by atoms with Crippen LogP contribution in [0.25, 0.3) is 0 Å². The molecule has 1 heterocycles. The van der Waals surface area contributed by atoms with Crippen LogP contribution in [0.5, 0.6) is 0 Å². The Labute approximate surface area is 175 Å². The van der Waals surface area contributed by atoms with Gasteiger partial charge in [0.1, 0.15) is 0 Å². The zero-order valence-corrected chi connectivity index (χ0v) is 18.4. The second-order valence-corrected chi connectivity index (χ2v) is 8.47. The molecule has 160 valence electrons. The lowest BCUT2D eigenvalue weighted by Gasteiger charge is -2.37. The summed E-state index contributed by atoms with van der Waals surface area (Å²) in [6.45, 7) is 10.3. The molecule has 0 unspecified atom stereocenters. The molecule has 0 bridgehead atoms. The highest BCUT2D eigenvalue weighted by Gasteiger charge is 2.33. The Kier molecular flexibility index (Phi) is 8.68. The molecule has 3 atom stereocenters. The van der Waals surface area contributed by atoms with Crippen LogP contribution in [0, 0.1) is 23.7 Å². The Morgan fingerprint density at radius 1 is 1.31 bits per heavy atom. The minimum Gasteiger partial charge on any atom is -0.341 e. The molecule has 1 aliphatic carbocycles. The minimum absolute atomic E-state index is 0.115. The quantitative estimate of drug-likeness (QED) is 0.655. The number of hydrogen-bond donors (Lipinski definition) is 2. The van der Waals surface area contributed by atoms with Crippen LogP contribution >= 0.6 is 0 Å². The Hall–Kier alpha value is -2.37. The molecule has 0 aromatic carbocycles. The number of pyridine rings is 1. The van der Waals surface area contributed by atoms with E-state index in [4.69, 9.17) is 0 Å². The molecule has 0 radical (unpaired) electrons. The number of carbonyl (C=O) groups is 2. The molecule has 2 N–H and O–H groups in total. The average molecular weight is 401 g/mol. The van der Waals surface area contributed by atoms with Gasteiger partial charge in [-0.1, -0.05) is 31.6 Å². The zero-order chi connectivity index (χ0) is 21.4. The molecule has 0 saturated heterocycles. The molecule has 0 aliphatic heterocycles. The van der Waals surface area contributed by atoms with Crippen molar-refractivity contribution in [3.8, 4) is 0 Å². The molecule has 6 heteroatoms. The van der Waals surface area contributed by atoms with Gasteiger partial charge in [-0.25, -0.2) is 4.79 Å². The van der Waals surface area contributed by atoms with Crippen molar-refractivity contribution in [2.75, 3.05) is 20.1 Å². The molecule has 0 spiro atoms. The number of aromatic nitrogens is 1. The number of carbonyl (C=O) groups excluding carboxylic acids is 2. The SMILES string of the molecule is CCNC(=O)NC[C@@H]1C=C(C)[C@H](CC(=O)N(C)Cc2cccnc2)C[C@H]1C(C)C. The lowest BCUT2D eigenvalue weighted by atomic mass is 9.69. The lowest BCUT2D eigenvalue weighted by molar-refractivity contribution is -0.131. The zero-order valence-electron chi connectivity index (χ0n) is 18.4. The molecular formula is C23H36N4O2. The van der Waals surface area contributed by atoms with Gasteiger partial charge in [-0.2, -0.15) is 0 Å². The fourth-order valence-corrected chi connectivity index (χ4v) is 4.16. The number of nitrogens with one attached hydrogen (secondary N) is 2. The summed E-state index contributed by atoms with van der Waals surface area (Å²) < 4.78 is 0. The molecular weight excluding hydrogens is 364 g/mol. The van der Waals surface area contributed by atoms with Crippen LogP contribution in [0.15, 0.2) is 36.2 Å². The summed E-state index contributed by atoms with van der Waals surface area (Å²) in [5.74, 6) is 1.66. The summed E-state index contributed by atoms with van der Waals surface area (Å²) in [6.07, 6.45) is 7.33. The first kappa shape index (κ1) is 22.9. The van der Waals surface area contributed by atoms with E-state index in [9.17, 15) is 9.59 Å². The normalized spacial score (nSPS) is 21.4. The van der Waals surface area contributed by atoms with Gasteiger partial charge in [0.25, 0.3) is 0 Å². The fourth-order valence-electron chi connectivity index (χ4n) is 4.16.